The van der Waals surface area contributed by atoms with Crippen molar-refractivity contribution < 1.29 is 9.53 Å². The molecular formula is C15H21N3O2S. The van der Waals surface area contributed by atoms with Crippen molar-refractivity contribution in [3.05, 3.63) is 11.9 Å². The highest BCUT2D eigenvalue weighted by molar-refractivity contribution is 6.99. The molecule has 4 aliphatic carbocycles. The van der Waals surface area contributed by atoms with Crippen LogP contribution in [-0.4, -0.2) is 27.4 Å². The average Bonchev–Trinajstić information content (AvgIpc) is 2.96. The van der Waals surface area contributed by atoms with E-state index in [1.165, 1.54) is 38.1 Å². The Morgan fingerprint density at radius 3 is 2.81 bits per heavy atom. The van der Waals surface area contributed by atoms with Gasteiger partial charge in [-0.25, -0.2) is 0 Å². The molecule has 4 bridgehead atoms. The summed E-state index contributed by atoms with van der Waals surface area (Å²) in [5.74, 6) is 1.36. The summed E-state index contributed by atoms with van der Waals surface area (Å²) in [5.41, 5.74) is 0.872. The molecule has 4 fully saturated rings. The van der Waals surface area contributed by atoms with Crippen LogP contribution in [0.25, 0.3) is 0 Å². The second-order valence-electron chi connectivity index (χ2n) is 7.27. The Bertz CT molecular complexity index is 531. The minimum absolute atomic E-state index is 0.0121. The first-order chi connectivity index (χ1) is 10.1. The maximum absolute atomic E-state index is 12.4. The van der Waals surface area contributed by atoms with Gasteiger partial charge in [0.05, 0.1) is 36.1 Å². The molecule has 1 N–H and O–H groups in total. The van der Waals surface area contributed by atoms with Crippen LogP contribution in [0.3, 0.4) is 0 Å². The van der Waals surface area contributed by atoms with Crippen LogP contribution in [0, 0.1) is 17.3 Å². The van der Waals surface area contributed by atoms with Gasteiger partial charge >= 0.3 is 5.97 Å². The maximum atomic E-state index is 12.4. The molecule has 0 aromatic carbocycles. The van der Waals surface area contributed by atoms with Crippen LogP contribution in [0.4, 0.5) is 0 Å². The summed E-state index contributed by atoms with van der Waals surface area (Å²) in [4.78, 5) is 12.4. The first-order valence-corrected chi connectivity index (χ1v) is 8.46. The number of aromatic nitrogens is 2. The van der Waals surface area contributed by atoms with Gasteiger partial charge in [-0.05, 0) is 50.4 Å². The first-order valence-electron chi connectivity index (χ1n) is 7.73. The Kier molecular flexibility index (Phi) is 3.08. The monoisotopic (exact) mass is 307 g/mol. The fourth-order valence-electron chi connectivity index (χ4n) is 5.46. The molecule has 5 rings (SSSR count). The van der Waals surface area contributed by atoms with E-state index >= 15 is 0 Å². The van der Waals surface area contributed by atoms with Gasteiger partial charge in [0.1, 0.15) is 0 Å². The minimum atomic E-state index is -0.230. The molecule has 0 aliphatic heterocycles. The van der Waals surface area contributed by atoms with Crippen molar-refractivity contribution in [3.63, 3.8) is 0 Å². The van der Waals surface area contributed by atoms with Crippen LogP contribution in [0.1, 0.15) is 44.2 Å². The van der Waals surface area contributed by atoms with Crippen molar-refractivity contribution >= 4 is 17.7 Å². The van der Waals surface area contributed by atoms with Gasteiger partial charge in [-0.2, -0.15) is 8.75 Å². The summed E-state index contributed by atoms with van der Waals surface area (Å²) in [7, 11) is 1.53. The third-order valence-electron chi connectivity index (χ3n) is 5.73. The van der Waals surface area contributed by atoms with Crippen LogP contribution < -0.4 is 5.32 Å². The van der Waals surface area contributed by atoms with Gasteiger partial charge in [0.2, 0.25) is 0 Å². The predicted octanol–water partition coefficient (Wildman–Crippen LogP) is 2.14. The van der Waals surface area contributed by atoms with Crippen LogP contribution in [-0.2, 0) is 16.1 Å². The number of esters is 1. The van der Waals surface area contributed by atoms with Crippen LogP contribution in [0.5, 0.6) is 0 Å². The molecule has 4 saturated carbocycles. The fourth-order valence-corrected chi connectivity index (χ4v) is 5.90. The second kappa shape index (κ2) is 4.74. The van der Waals surface area contributed by atoms with E-state index in [1.54, 1.807) is 0 Å². The molecule has 5 nitrogen and oxygen atoms in total. The van der Waals surface area contributed by atoms with Gasteiger partial charge in [-0.3, -0.25) is 4.79 Å². The zero-order valence-corrected chi connectivity index (χ0v) is 13.1. The molecule has 4 aliphatic rings. The molecule has 1 aromatic rings. The van der Waals surface area contributed by atoms with E-state index in [9.17, 15) is 4.79 Å². The summed E-state index contributed by atoms with van der Waals surface area (Å²) in [6, 6.07) is 0. The largest absolute Gasteiger partial charge is 0.469 e. The minimum Gasteiger partial charge on any atom is -0.469 e. The number of ether oxygens (including phenoxy) is 1. The summed E-state index contributed by atoms with van der Waals surface area (Å²) in [6.07, 6.45) is 8.49. The molecule has 114 valence electrons. The zero-order valence-electron chi connectivity index (χ0n) is 12.3. The summed E-state index contributed by atoms with van der Waals surface area (Å²) in [6.45, 7) is 0.757. The Morgan fingerprint density at radius 2 is 2.19 bits per heavy atom. The lowest BCUT2D eigenvalue weighted by Gasteiger charge is -2.61. The Labute approximate surface area is 128 Å². The number of carbonyl (C=O) groups excluding carboxylic acids is 1. The van der Waals surface area contributed by atoms with Gasteiger partial charge in [0.25, 0.3) is 0 Å². The summed E-state index contributed by atoms with van der Waals surface area (Å²) in [5, 5.41) is 3.73. The smallest absolute Gasteiger partial charge is 0.311 e. The molecule has 2 unspecified atom stereocenters. The highest BCUT2D eigenvalue weighted by Gasteiger charge is 2.61. The molecule has 6 heteroatoms. The number of hydrogen-bond acceptors (Lipinski definition) is 6. The average molecular weight is 307 g/mol. The third kappa shape index (κ3) is 2.19. The van der Waals surface area contributed by atoms with E-state index in [4.69, 9.17) is 4.74 Å². The second-order valence-corrected chi connectivity index (χ2v) is 7.82. The number of nitrogens with zero attached hydrogens (tertiary/aromatic N) is 2. The molecule has 0 spiro atoms. The summed E-state index contributed by atoms with van der Waals surface area (Å²) >= 11 is 1.25. The van der Waals surface area contributed by atoms with Crippen molar-refractivity contribution in [2.45, 2.75) is 50.6 Å². The maximum Gasteiger partial charge on any atom is 0.311 e. The van der Waals surface area contributed by atoms with Crippen molar-refractivity contribution in [1.82, 2.24) is 14.1 Å². The Morgan fingerprint density at radius 1 is 1.43 bits per heavy atom. The number of methoxy groups -OCH3 is 1. The van der Waals surface area contributed by atoms with Crippen molar-refractivity contribution in [3.8, 4) is 0 Å². The van der Waals surface area contributed by atoms with Crippen molar-refractivity contribution in [2.24, 2.45) is 17.3 Å². The number of nitrogens with one attached hydrogen (secondary N) is 1. The van der Waals surface area contributed by atoms with E-state index in [0.717, 1.165) is 31.5 Å². The highest BCUT2D eigenvalue weighted by atomic mass is 32.1. The Hall–Kier alpha value is -1.01. The predicted molar refractivity (Wildman–Crippen MR) is 78.6 cm³/mol. The van der Waals surface area contributed by atoms with E-state index in [1.807, 2.05) is 6.20 Å². The zero-order chi connectivity index (χ0) is 14.5. The van der Waals surface area contributed by atoms with Crippen molar-refractivity contribution in [2.75, 3.05) is 7.11 Å². The fraction of sp³-hybridized carbons (Fsp3) is 0.800. The van der Waals surface area contributed by atoms with E-state index in [0.29, 0.717) is 11.8 Å². The molecule has 2 atom stereocenters. The van der Waals surface area contributed by atoms with Crippen LogP contribution in [0.2, 0.25) is 0 Å². The molecule has 1 aromatic heterocycles. The lowest BCUT2D eigenvalue weighted by Crippen LogP contribution is -2.63. The van der Waals surface area contributed by atoms with Crippen molar-refractivity contribution in [1.29, 1.82) is 0 Å². The van der Waals surface area contributed by atoms with Gasteiger partial charge in [0.15, 0.2) is 0 Å². The molecule has 0 saturated heterocycles. The van der Waals surface area contributed by atoms with Gasteiger partial charge in [-0.15, -0.1) is 0 Å². The standard InChI is InChI=1S/C15H21N3O2S/c1-20-13(19)14-3-10-2-11(4-14)6-15(5-10,9-14)16-7-12-8-17-21-18-12/h8,10-11,16H,2-7,9H2,1H3. The molecule has 0 radical (unpaired) electrons. The van der Waals surface area contributed by atoms with Gasteiger partial charge < -0.3 is 10.1 Å². The van der Waals surface area contributed by atoms with E-state index < -0.39 is 0 Å². The van der Waals surface area contributed by atoms with Gasteiger partial charge in [0, 0.05) is 12.1 Å². The number of rotatable bonds is 4. The molecule has 21 heavy (non-hydrogen) atoms. The lowest BCUT2D eigenvalue weighted by atomic mass is 9.47. The van der Waals surface area contributed by atoms with E-state index in [2.05, 4.69) is 14.1 Å². The number of hydrogen-bond donors (Lipinski definition) is 1. The SMILES string of the molecule is COC(=O)C12CC3CC(CC(NCc4cnsn4)(C3)C1)C2. The van der Waals surface area contributed by atoms with E-state index in [-0.39, 0.29) is 16.9 Å². The molecule has 0 amide bonds. The Balaban J connectivity index is 1.56. The van der Waals surface area contributed by atoms with Gasteiger partial charge in [-0.1, -0.05) is 0 Å². The number of carbonyl (C=O) groups is 1. The highest BCUT2D eigenvalue weighted by Crippen LogP contribution is 2.62. The topological polar surface area (TPSA) is 64.1 Å². The molecule has 1 heterocycles. The normalized spacial score (nSPS) is 40.4. The lowest BCUT2D eigenvalue weighted by molar-refractivity contribution is -0.172. The van der Waals surface area contributed by atoms with Crippen LogP contribution in [0.15, 0.2) is 6.20 Å². The quantitative estimate of drug-likeness (QED) is 0.863. The molecular weight excluding hydrogens is 286 g/mol. The third-order valence-corrected chi connectivity index (χ3v) is 6.25. The summed E-state index contributed by atoms with van der Waals surface area (Å²) < 4.78 is 13.5. The first kappa shape index (κ1) is 13.6. The van der Waals surface area contributed by atoms with Crippen LogP contribution >= 0.6 is 11.7 Å².